The van der Waals surface area contributed by atoms with Crippen LogP contribution in [0.15, 0.2) is 40.4 Å². The van der Waals surface area contributed by atoms with Gasteiger partial charge in [0.1, 0.15) is 10.0 Å². The molecule has 2 aromatic heterocycles. The normalized spacial score (nSPS) is 11.7. The van der Waals surface area contributed by atoms with Gasteiger partial charge in [-0.15, -0.1) is 0 Å². The van der Waals surface area contributed by atoms with Gasteiger partial charge >= 0.3 is 0 Å². The van der Waals surface area contributed by atoms with Gasteiger partial charge in [-0.3, -0.25) is 0 Å². The molecule has 0 saturated heterocycles. The second kappa shape index (κ2) is 7.35. The molecule has 6 nitrogen and oxygen atoms in total. The van der Waals surface area contributed by atoms with Crippen molar-refractivity contribution >= 4 is 37.6 Å². The molecule has 0 aliphatic carbocycles. The molecule has 2 heterocycles. The number of aryl methyl sites for hydroxylation is 1. The Balaban J connectivity index is 1.85. The molecule has 0 radical (unpaired) electrons. The van der Waals surface area contributed by atoms with Crippen molar-refractivity contribution in [1.82, 2.24) is 19.3 Å². The minimum atomic E-state index is -3.64. The Labute approximate surface area is 136 Å². The maximum absolute atomic E-state index is 12.1. The lowest BCUT2D eigenvalue weighted by molar-refractivity contribution is 0.566. The minimum Gasteiger partial charge on any atom is -0.337 e. The van der Waals surface area contributed by atoms with Gasteiger partial charge in [-0.2, -0.15) is 0 Å². The number of unbranched alkanes of at least 4 members (excludes halogenated alkanes) is 1. The van der Waals surface area contributed by atoms with Crippen LogP contribution in [0, 0.1) is 0 Å². The van der Waals surface area contributed by atoms with Crippen molar-refractivity contribution < 1.29 is 8.42 Å². The van der Waals surface area contributed by atoms with Crippen LogP contribution in [0.2, 0.25) is 5.15 Å². The molecule has 2 aromatic rings. The van der Waals surface area contributed by atoms with Crippen molar-refractivity contribution in [3.8, 4) is 0 Å². The number of imidazole rings is 1. The topological polar surface area (TPSA) is 76.9 Å². The van der Waals surface area contributed by atoms with E-state index in [0.717, 1.165) is 19.4 Å². The Kier molecular flexibility index (Phi) is 5.74. The highest BCUT2D eigenvalue weighted by Crippen LogP contribution is 2.22. The Hall–Kier alpha value is -0.960. The predicted molar refractivity (Wildman–Crippen MR) is 83.6 cm³/mol. The number of sulfonamides is 1. The Bertz CT molecular complexity index is 691. The summed E-state index contributed by atoms with van der Waals surface area (Å²) in [6.45, 7) is 1.15. The highest BCUT2D eigenvalue weighted by Gasteiger charge is 2.18. The first-order chi connectivity index (χ1) is 9.99. The third kappa shape index (κ3) is 4.77. The first-order valence-electron chi connectivity index (χ1n) is 6.25. The van der Waals surface area contributed by atoms with Gasteiger partial charge in [0, 0.05) is 36.2 Å². The molecule has 2 rings (SSSR count). The quantitative estimate of drug-likeness (QED) is 0.579. The average molecular weight is 394 g/mol. The van der Waals surface area contributed by atoms with E-state index in [0.29, 0.717) is 11.0 Å². The number of pyridine rings is 1. The summed E-state index contributed by atoms with van der Waals surface area (Å²) < 4.78 is 29.3. The number of halogens is 2. The van der Waals surface area contributed by atoms with Crippen LogP contribution in [0.4, 0.5) is 0 Å². The number of nitrogens with zero attached hydrogens (tertiary/aromatic N) is 3. The van der Waals surface area contributed by atoms with E-state index in [2.05, 4.69) is 30.6 Å². The van der Waals surface area contributed by atoms with Crippen LogP contribution in [0.1, 0.15) is 12.8 Å². The summed E-state index contributed by atoms with van der Waals surface area (Å²) in [6, 6.07) is 1.43. The van der Waals surface area contributed by atoms with Gasteiger partial charge in [0.2, 0.25) is 10.0 Å². The molecule has 114 valence electrons. The summed E-state index contributed by atoms with van der Waals surface area (Å²) in [6.07, 6.45) is 8.34. The molecule has 0 fully saturated rings. The molecule has 21 heavy (non-hydrogen) atoms. The molecule has 0 bridgehead atoms. The number of aromatic nitrogens is 3. The van der Waals surface area contributed by atoms with Crippen LogP contribution in [0.3, 0.4) is 0 Å². The Morgan fingerprint density at radius 2 is 2.19 bits per heavy atom. The second-order valence-corrected chi connectivity index (χ2v) is 7.36. The molecule has 0 amide bonds. The molecule has 0 saturated carbocycles. The number of hydrogen-bond donors (Lipinski definition) is 1. The highest BCUT2D eigenvalue weighted by atomic mass is 79.9. The van der Waals surface area contributed by atoms with Crippen molar-refractivity contribution in [1.29, 1.82) is 0 Å². The summed E-state index contributed by atoms with van der Waals surface area (Å²) in [5.74, 6) is 0. The number of nitrogens with one attached hydrogen (secondary N) is 1. The smallest absolute Gasteiger partial charge is 0.243 e. The standard InChI is InChI=1S/C12H14BrClN4O2S/c13-10-7-11(12(14)16-8-10)21(19,20)17-3-1-2-5-18-6-4-15-9-18/h4,6-9,17H,1-3,5H2. The van der Waals surface area contributed by atoms with Crippen LogP contribution < -0.4 is 4.72 Å². The van der Waals surface area contributed by atoms with Crippen molar-refractivity contribution in [3.05, 3.63) is 40.6 Å². The predicted octanol–water partition coefficient (Wildman–Crippen LogP) is 2.45. The van der Waals surface area contributed by atoms with Gasteiger partial charge in [-0.1, -0.05) is 11.6 Å². The average Bonchev–Trinajstić information content (AvgIpc) is 2.94. The van der Waals surface area contributed by atoms with Crippen LogP contribution in [-0.2, 0) is 16.6 Å². The van der Waals surface area contributed by atoms with Gasteiger partial charge in [-0.25, -0.2) is 23.1 Å². The van der Waals surface area contributed by atoms with E-state index in [1.165, 1.54) is 12.3 Å². The molecule has 0 atom stereocenters. The summed E-state index contributed by atoms with van der Waals surface area (Å²) in [5, 5.41) is -0.0379. The fourth-order valence-electron chi connectivity index (χ4n) is 1.72. The lowest BCUT2D eigenvalue weighted by Crippen LogP contribution is -2.25. The van der Waals surface area contributed by atoms with Crippen molar-refractivity contribution in [2.75, 3.05) is 6.54 Å². The third-order valence-corrected chi connectivity index (χ3v) is 5.08. The molecule has 0 unspecified atom stereocenters. The van der Waals surface area contributed by atoms with Gasteiger partial charge in [0.25, 0.3) is 0 Å². The fourth-order valence-corrected chi connectivity index (χ4v) is 3.73. The number of rotatable bonds is 7. The molecule has 0 aliphatic heterocycles. The van der Waals surface area contributed by atoms with E-state index >= 15 is 0 Å². The molecule has 0 aromatic carbocycles. The van der Waals surface area contributed by atoms with Crippen LogP contribution in [-0.4, -0.2) is 29.5 Å². The zero-order valence-electron chi connectivity index (χ0n) is 11.0. The summed E-state index contributed by atoms with van der Waals surface area (Å²) in [4.78, 5) is 7.74. The minimum absolute atomic E-state index is 0.0202. The molecule has 1 N–H and O–H groups in total. The Morgan fingerprint density at radius 3 is 2.90 bits per heavy atom. The monoisotopic (exact) mass is 392 g/mol. The molecule has 0 spiro atoms. The van der Waals surface area contributed by atoms with Crippen LogP contribution in [0.5, 0.6) is 0 Å². The largest absolute Gasteiger partial charge is 0.337 e. The first kappa shape index (κ1) is 16.4. The van der Waals surface area contributed by atoms with Crippen LogP contribution in [0.25, 0.3) is 0 Å². The third-order valence-electron chi connectivity index (χ3n) is 2.76. The van der Waals surface area contributed by atoms with Crippen LogP contribution >= 0.6 is 27.5 Å². The van der Waals surface area contributed by atoms with Gasteiger partial charge < -0.3 is 4.57 Å². The maximum Gasteiger partial charge on any atom is 0.243 e. The van der Waals surface area contributed by atoms with E-state index in [1.807, 2.05) is 10.8 Å². The van der Waals surface area contributed by atoms with Gasteiger partial charge in [-0.05, 0) is 34.8 Å². The fraction of sp³-hybridized carbons (Fsp3) is 0.333. The summed E-state index contributed by atoms with van der Waals surface area (Å²) in [5.41, 5.74) is 0. The molecular weight excluding hydrogens is 380 g/mol. The lowest BCUT2D eigenvalue weighted by Gasteiger charge is -2.08. The van der Waals surface area contributed by atoms with Crippen molar-refractivity contribution in [2.24, 2.45) is 0 Å². The number of hydrogen-bond acceptors (Lipinski definition) is 4. The zero-order valence-corrected chi connectivity index (χ0v) is 14.2. The Morgan fingerprint density at radius 1 is 1.38 bits per heavy atom. The molecule has 9 heteroatoms. The first-order valence-corrected chi connectivity index (χ1v) is 8.91. The summed E-state index contributed by atoms with van der Waals surface area (Å²) >= 11 is 9.01. The van der Waals surface area contributed by atoms with E-state index < -0.39 is 10.0 Å². The van der Waals surface area contributed by atoms with E-state index in [4.69, 9.17) is 11.6 Å². The highest BCUT2D eigenvalue weighted by molar-refractivity contribution is 9.10. The van der Waals surface area contributed by atoms with E-state index in [9.17, 15) is 8.42 Å². The van der Waals surface area contributed by atoms with Gasteiger partial charge in [0.15, 0.2) is 0 Å². The maximum atomic E-state index is 12.1. The second-order valence-electron chi connectivity index (χ2n) is 4.35. The molecular formula is C12H14BrClN4O2S. The molecule has 0 aliphatic rings. The van der Waals surface area contributed by atoms with E-state index in [-0.39, 0.29) is 10.0 Å². The summed E-state index contributed by atoms with van der Waals surface area (Å²) in [7, 11) is -3.64. The zero-order chi connectivity index (χ0) is 15.3. The SMILES string of the molecule is O=S(=O)(NCCCCn1ccnc1)c1cc(Br)cnc1Cl. The van der Waals surface area contributed by atoms with Crippen molar-refractivity contribution in [2.45, 2.75) is 24.3 Å². The van der Waals surface area contributed by atoms with Crippen molar-refractivity contribution in [3.63, 3.8) is 0 Å². The van der Waals surface area contributed by atoms with Gasteiger partial charge in [0.05, 0.1) is 6.33 Å². The van der Waals surface area contributed by atoms with E-state index in [1.54, 1.807) is 12.5 Å². The lowest BCUT2D eigenvalue weighted by atomic mass is 10.3.